The second kappa shape index (κ2) is 5.81. The van der Waals surface area contributed by atoms with Crippen molar-refractivity contribution < 1.29 is 17.9 Å². The van der Waals surface area contributed by atoms with Crippen molar-refractivity contribution in [3.05, 3.63) is 54.1 Å². The van der Waals surface area contributed by atoms with Gasteiger partial charge in [0.1, 0.15) is 0 Å². The molecular formula is C19H17F3N2O. The molecule has 0 spiro atoms. The third-order valence-corrected chi connectivity index (χ3v) is 4.64. The molecule has 0 amide bonds. The van der Waals surface area contributed by atoms with Gasteiger partial charge in [-0.25, -0.2) is 0 Å². The normalized spacial score (nSPS) is 18.1. The lowest BCUT2D eigenvalue weighted by molar-refractivity contribution is -0.137. The fourth-order valence-corrected chi connectivity index (χ4v) is 3.43. The number of hydrogen-bond donors (Lipinski definition) is 1. The van der Waals surface area contributed by atoms with Crippen LogP contribution in [0.1, 0.15) is 18.0 Å². The highest BCUT2D eigenvalue weighted by Gasteiger charge is 2.30. The number of rotatable bonds is 2. The Bertz CT molecular complexity index is 907. The average molecular weight is 346 g/mol. The van der Waals surface area contributed by atoms with E-state index in [9.17, 15) is 13.2 Å². The number of ether oxygens (including phenoxy) is 1. The topological polar surface area (TPSA) is 40.2 Å². The summed E-state index contributed by atoms with van der Waals surface area (Å²) in [5, 5.41) is 0.974. The van der Waals surface area contributed by atoms with E-state index < -0.39 is 11.7 Å². The average Bonchev–Trinajstić information content (AvgIpc) is 3.20. The first kappa shape index (κ1) is 16.0. The number of anilines is 1. The van der Waals surface area contributed by atoms with E-state index >= 15 is 0 Å². The van der Waals surface area contributed by atoms with Gasteiger partial charge in [-0.2, -0.15) is 13.2 Å². The maximum absolute atomic E-state index is 12.8. The van der Waals surface area contributed by atoms with Crippen molar-refractivity contribution in [1.82, 2.24) is 4.57 Å². The number of benzene rings is 2. The maximum atomic E-state index is 12.8. The molecule has 1 aliphatic heterocycles. The lowest BCUT2D eigenvalue weighted by Crippen LogP contribution is -2.10. The minimum atomic E-state index is -4.33. The number of fused-ring (bicyclic) bond motifs is 1. The predicted octanol–water partition coefficient (Wildman–Crippen LogP) is 4.87. The lowest BCUT2D eigenvalue weighted by Gasteiger charge is -2.17. The van der Waals surface area contributed by atoms with Crippen LogP contribution >= 0.6 is 0 Å². The zero-order valence-corrected chi connectivity index (χ0v) is 13.4. The molecule has 1 aromatic heterocycles. The summed E-state index contributed by atoms with van der Waals surface area (Å²) in [4.78, 5) is 0. The highest BCUT2D eigenvalue weighted by atomic mass is 19.4. The van der Waals surface area contributed by atoms with Crippen LogP contribution in [0.3, 0.4) is 0 Å². The molecule has 2 heterocycles. The van der Waals surface area contributed by atoms with Gasteiger partial charge in [-0.3, -0.25) is 0 Å². The van der Waals surface area contributed by atoms with Crippen LogP contribution in [-0.4, -0.2) is 17.8 Å². The molecule has 0 radical (unpaired) electrons. The summed E-state index contributed by atoms with van der Waals surface area (Å²) in [5.41, 5.74) is 8.53. The molecule has 2 aromatic carbocycles. The molecule has 6 heteroatoms. The number of halogens is 3. The summed E-state index contributed by atoms with van der Waals surface area (Å²) in [6, 6.07) is 13.1. The van der Waals surface area contributed by atoms with Gasteiger partial charge in [0.05, 0.1) is 18.2 Å². The van der Waals surface area contributed by atoms with Crippen LogP contribution in [0.4, 0.5) is 18.9 Å². The van der Waals surface area contributed by atoms with Crippen molar-refractivity contribution in [1.29, 1.82) is 0 Å². The van der Waals surface area contributed by atoms with Gasteiger partial charge in [0.15, 0.2) is 0 Å². The van der Waals surface area contributed by atoms with E-state index in [2.05, 4.69) is 4.57 Å². The Morgan fingerprint density at radius 2 is 1.80 bits per heavy atom. The molecule has 2 N–H and O–H groups in total. The van der Waals surface area contributed by atoms with Crippen LogP contribution in [0.5, 0.6) is 0 Å². The standard InChI is InChI=1S/C19H17F3N2O/c20-19(21,22)14-3-1-12(2-4-14)18-10-13-9-15(23)5-6-17(13)24(18)16-7-8-25-11-16/h1-6,9-10,16H,7-8,11,23H2/t16-/m0/s1. The van der Waals surface area contributed by atoms with Crippen molar-refractivity contribution in [2.24, 2.45) is 0 Å². The van der Waals surface area contributed by atoms with E-state index in [1.807, 2.05) is 24.3 Å². The second-order valence-corrected chi connectivity index (χ2v) is 6.31. The molecule has 0 bridgehead atoms. The minimum Gasteiger partial charge on any atom is -0.399 e. The number of nitrogen functional groups attached to an aromatic ring is 1. The smallest absolute Gasteiger partial charge is 0.399 e. The quantitative estimate of drug-likeness (QED) is 0.673. The Morgan fingerprint density at radius 1 is 1.04 bits per heavy atom. The van der Waals surface area contributed by atoms with E-state index in [0.717, 1.165) is 40.7 Å². The fraction of sp³-hybridized carbons (Fsp3) is 0.263. The molecular weight excluding hydrogens is 329 g/mol. The maximum Gasteiger partial charge on any atom is 0.416 e. The number of hydrogen-bond acceptors (Lipinski definition) is 2. The van der Waals surface area contributed by atoms with Crippen LogP contribution in [0, 0.1) is 0 Å². The van der Waals surface area contributed by atoms with Gasteiger partial charge >= 0.3 is 6.18 Å². The Kier molecular flexibility index (Phi) is 3.72. The Morgan fingerprint density at radius 3 is 2.44 bits per heavy atom. The molecule has 1 atom stereocenters. The third-order valence-electron chi connectivity index (χ3n) is 4.64. The van der Waals surface area contributed by atoms with Gasteiger partial charge in [-0.1, -0.05) is 12.1 Å². The Labute approximate surface area is 142 Å². The monoisotopic (exact) mass is 346 g/mol. The van der Waals surface area contributed by atoms with E-state index in [1.54, 1.807) is 0 Å². The van der Waals surface area contributed by atoms with E-state index in [-0.39, 0.29) is 6.04 Å². The number of nitrogens with two attached hydrogens (primary N) is 1. The predicted molar refractivity (Wildman–Crippen MR) is 91.3 cm³/mol. The minimum absolute atomic E-state index is 0.165. The van der Waals surface area contributed by atoms with Crippen molar-refractivity contribution in [2.45, 2.75) is 18.6 Å². The molecule has 4 rings (SSSR count). The zero-order valence-electron chi connectivity index (χ0n) is 13.4. The van der Waals surface area contributed by atoms with Gasteiger partial charge in [-0.05, 0) is 48.4 Å². The summed E-state index contributed by atoms with van der Waals surface area (Å²) < 4.78 is 46.1. The van der Waals surface area contributed by atoms with Gasteiger partial charge in [0.2, 0.25) is 0 Å². The van der Waals surface area contributed by atoms with Crippen LogP contribution in [0.2, 0.25) is 0 Å². The van der Waals surface area contributed by atoms with Crippen molar-refractivity contribution in [3.8, 4) is 11.3 Å². The van der Waals surface area contributed by atoms with Gasteiger partial charge in [-0.15, -0.1) is 0 Å². The molecule has 130 valence electrons. The molecule has 3 nitrogen and oxygen atoms in total. The van der Waals surface area contributed by atoms with Crippen molar-refractivity contribution >= 4 is 16.6 Å². The van der Waals surface area contributed by atoms with Crippen molar-refractivity contribution in [2.75, 3.05) is 18.9 Å². The summed E-state index contributed by atoms with van der Waals surface area (Å²) in [6.07, 6.45) is -3.46. The molecule has 1 fully saturated rings. The fourth-order valence-electron chi connectivity index (χ4n) is 3.43. The molecule has 1 saturated heterocycles. The first-order valence-corrected chi connectivity index (χ1v) is 8.09. The van der Waals surface area contributed by atoms with Gasteiger partial charge in [0.25, 0.3) is 0 Å². The van der Waals surface area contributed by atoms with Gasteiger partial charge in [0, 0.05) is 28.9 Å². The first-order valence-electron chi connectivity index (χ1n) is 8.09. The van der Waals surface area contributed by atoms with Crippen LogP contribution < -0.4 is 5.73 Å². The lowest BCUT2D eigenvalue weighted by atomic mass is 10.1. The molecule has 0 aliphatic carbocycles. The summed E-state index contributed by atoms with van der Waals surface area (Å²) in [5.74, 6) is 0. The summed E-state index contributed by atoms with van der Waals surface area (Å²) in [7, 11) is 0. The van der Waals surface area contributed by atoms with Crippen LogP contribution in [-0.2, 0) is 10.9 Å². The number of aromatic nitrogens is 1. The number of alkyl halides is 3. The highest BCUT2D eigenvalue weighted by Crippen LogP contribution is 2.36. The Hall–Kier alpha value is -2.47. The number of nitrogens with zero attached hydrogens (tertiary/aromatic N) is 1. The van der Waals surface area contributed by atoms with Gasteiger partial charge < -0.3 is 15.0 Å². The molecule has 3 aromatic rings. The SMILES string of the molecule is Nc1ccc2c(c1)cc(-c1ccc(C(F)(F)F)cc1)n2[C@H]1CCOC1. The van der Waals surface area contributed by atoms with Crippen LogP contribution in [0.15, 0.2) is 48.5 Å². The van der Waals surface area contributed by atoms with E-state index in [0.29, 0.717) is 18.9 Å². The molecule has 0 saturated carbocycles. The molecule has 1 aliphatic rings. The zero-order chi connectivity index (χ0) is 17.6. The van der Waals surface area contributed by atoms with Crippen LogP contribution in [0.25, 0.3) is 22.2 Å². The molecule has 0 unspecified atom stereocenters. The molecule has 25 heavy (non-hydrogen) atoms. The third kappa shape index (κ3) is 2.87. The van der Waals surface area contributed by atoms with E-state index in [4.69, 9.17) is 10.5 Å². The second-order valence-electron chi connectivity index (χ2n) is 6.31. The first-order chi connectivity index (χ1) is 11.9. The highest BCUT2D eigenvalue weighted by molar-refractivity contribution is 5.89. The summed E-state index contributed by atoms with van der Waals surface area (Å²) >= 11 is 0. The largest absolute Gasteiger partial charge is 0.416 e. The van der Waals surface area contributed by atoms with E-state index in [1.165, 1.54) is 12.1 Å². The Balaban J connectivity index is 1.87. The summed E-state index contributed by atoms with van der Waals surface area (Å²) in [6.45, 7) is 1.29. The van der Waals surface area contributed by atoms with Crippen molar-refractivity contribution in [3.63, 3.8) is 0 Å².